The number of carbonyl (C=O) groups excluding carboxylic acids is 1. The van der Waals surface area contributed by atoms with Crippen LogP contribution < -0.4 is 26.6 Å². The minimum atomic E-state index is -0.744. The number of carbonyl (C=O) groups is 1. The molecule has 1 aliphatic heterocycles. The van der Waals surface area contributed by atoms with Crippen LogP contribution in [0.3, 0.4) is 0 Å². The number of piperazine rings is 1. The lowest BCUT2D eigenvalue weighted by Crippen LogP contribution is -2.54. The molecule has 12 nitrogen and oxygen atoms in total. The summed E-state index contributed by atoms with van der Waals surface area (Å²) in [5.74, 6) is -0.155. The zero-order chi connectivity index (χ0) is 27.0. The predicted molar refractivity (Wildman–Crippen MR) is 146 cm³/mol. The zero-order valence-corrected chi connectivity index (χ0v) is 21.6. The Morgan fingerprint density at radius 1 is 1.18 bits per heavy atom. The minimum absolute atomic E-state index is 0.0423. The van der Waals surface area contributed by atoms with Gasteiger partial charge < -0.3 is 31.2 Å². The number of anilines is 4. The van der Waals surface area contributed by atoms with Gasteiger partial charge in [-0.3, -0.25) is 9.78 Å². The predicted octanol–water partition coefficient (Wildman–Crippen LogP) is 2.37. The third-order valence-electron chi connectivity index (χ3n) is 6.54. The van der Waals surface area contributed by atoms with Gasteiger partial charge in [0.25, 0.3) is 5.91 Å². The van der Waals surface area contributed by atoms with Crippen molar-refractivity contribution in [2.45, 2.75) is 25.9 Å². The molecule has 12 heteroatoms. The Kier molecular flexibility index (Phi) is 6.52. The number of benzene rings is 1. The molecule has 3 aromatic heterocycles. The number of pyridine rings is 1. The summed E-state index contributed by atoms with van der Waals surface area (Å²) in [6, 6.07) is 8.42. The number of aromatic nitrogens is 5. The van der Waals surface area contributed by atoms with E-state index < -0.39 is 5.91 Å². The maximum absolute atomic E-state index is 12.5. The molecule has 1 aromatic carbocycles. The molecule has 194 valence electrons. The largest absolute Gasteiger partial charge is 0.371 e. The number of hydrogen-bond acceptors (Lipinski definition) is 10. The Morgan fingerprint density at radius 2 is 1.95 bits per heavy atom. The number of nitriles is 1. The fraction of sp³-hybridized carbons (Fsp3) is 0.308. The highest BCUT2D eigenvalue weighted by Crippen LogP contribution is 2.33. The van der Waals surface area contributed by atoms with Crippen LogP contribution in [-0.4, -0.2) is 62.6 Å². The van der Waals surface area contributed by atoms with E-state index in [1.54, 1.807) is 31.8 Å². The Bertz CT molecular complexity index is 1560. The van der Waals surface area contributed by atoms with Crippen LogP contribution in [-0.2, 0) is 7.05 Å². The van der Waals surface area contributed by atoms with Crippen molar-refractivity contribution >= 4 is 40.0 Å². The normalized spacial score (nSPS) is 17.3. The molecular weight excluding hydrogens is 482 g/mol. The van der Waals surface area contributed by atoms with Gasteiger partial charge in [0.05, 0.1) is 34.9 Å². The molecule has 0 aliphatic carbocycles. The number of fused-ring (bicyclic) bond motifs is 1. The second kappa shape index (κ2) is 9.95. The molecule has 0 spiro atoms. The first-order valence-corrected chi connectivity index (χ1v) is 12.3. The first-order chi connectivity index (χ1) is 18.3. The number of nitrogens with zero attached hydrogens (tertiary/aromatic N) is 7. The average Bonchev–Trinajstić information content (AvgIpc) is 3.28. The molecule has 5 N–H and O–H groups in total. The fourth-order valence-corrected chi connectivity index (χ4v) is 4.91. The van der Waals surface area contributed by atoms with Crippen molar-refractivity contribution in [2.75, 3.05) is 35.7 Å². The van der Waals surface area contributed by atoms with E-state index in [9.17, 15) is 10.1 Å². The van der Waals surface area contributed by atoms with Gasteiger partial charge in [0.15, 0.2) is 17.3 Å². The van der Waals surface area contributed by atoms with Gasteiger partial charge in [-0.1, -0.05) is 0 Å². The van der Waals surface area contributed by atoms with Crippen LogP contribution in [0.2, 0.25) is 0 Å². The first kappa shape index (κ1) is 24.9. The van der Waals surface area contributed by atoms with Gasteiger partial charge in [-0.05, 0) is 32.0 Å². The highest BCUT2D eigenvalue weighted by Gasteiger charge is 2.24. The van der Waals surface area contributed by atoms with Crippen molar-refractivity contribution in [1.82, 2.24) is 29.8 Å². The lowest BCUT2D eigenvalue weighted by Gasteiger charge is -2.38. The van der Waals surface area contributed by atoms with Gasteiger partial charge in [-0.25, -0.2) is 15.0 Å². The molecule has 1 fully saturated rings. The summed E-state index contributed by atoms with van der Waals surface area (Å²) in [7, 11) is 3.59. The number of nitrogens with one attached hydrogen (secondary N) is 3. The van der Waals surface area contributed by atoms with Crippen molar-refractivity contribution in [2.24, 2.45) is 12.8 Å². The SMILES string of the molecule is CNc1nc(Nc2ccc(N3CC(C)NC(C)C3)c(C#N)c2)c(C(N)=O)nc1-c1cncc2c1ncn2C. The Hall–Kier alpha value is -4.76. The molecule has 0 saturated carbocycles. The van der Waals surface area contributed by atoms with Crippen LogP contribution in [0.25, 0.3) is 22.3 Å². The van der Waals surface area contributed by atoms with Gasteiger partial charge in [0.1, 0.15) is 17.3 Å². The summed E-state index contributed by atoms with van der Waals surface area (Å²) in [5, 5.41) is 19.6. The van der Waals surface area contributed by atoms with Crippen LogP contribution in [0.4, 0.5) is 23.0 Å². The van der Waals surface area contributed by atoms with Crippen molar-refractivity contribution < 1.29 is 4.79 Å². The van der Waals surface area contributed by atoms with E-state index in [2.05, 4.69) is 60.7 Å². The second-order valence-electron chi connectivity index (χ2n) is 9.49. The molecular formula is C26H29N11O. The molecule has 2 unspecified atom stereocenters. The van der Waals surface area contributed by atoms with Gasteiger partial charge in [0.2, 0.25) is 0 Å². The maximum Gasteiger partial charge on any atom is 0.271 e. The van der Waals surface area contributed by atoms with E-state index in [4.69, 9.17) is 5.73 Å². The van der Waals surface area contributed by atoms with Crippen LogP contribution in [0.1, 0.15) is 29.9 Å². The summed E-state index contributed by atoms with van der Waals surface area (Å²) in [5.41, 5.74) is 10.2. The molecule has 0 radical (unpaired) electrons. The van der Waals surface area contributed by atoms with E-state index >= 15 is 0 Å². The number of imidazole rings is 1. The van der Waals surface area contributed by atoms with Crippen molar-refractivity contribution in [3.63, 3.8) is 0 Å². The van der Waals surface area contributed by atoms with E-state index in [0.29, 0.717) is 45.9 Å². The monoisotopic (exact) mass is 511 g/mol. The second-order valence-corrected chi connectivity index (χ2v) is 9.49. The topological polar surface area (TPSA) is 163 Å². The molecule has 5 rings (SSSR count). The van der Waals surface area contributed by atoms with Crippen LogP contribution >= 0.6 is 0 Å². The Morgan fingerprint density at radius 3 is 2.63 bits per heavy atom. The lowest BCUT2D eigenvalue weighted by atomic mass is 10.1. The number of nitrogens with two attached hydrogens (primary N) is 1. The minimum Gasteiger partial charge on any atom is -0.371 e. The summed E-state index contributed by atoms with van der Waals surface area (Å²) in [4.78, 5) is 32.7. The van der Waals surface area contributed by atoms with E-state index in [1.807, 2.05) is 23.7 Å². The van der Waals surface area contributed by atoms with E-state index in [-0.39, 0.29) is 11.5 Å². The van der Waals surface area contributed by atoms with E-state index in [1.165, 1.54) is 0 Å². The van der Waals surface area contributed by atoms with Gasteiger partial charge >= 0.3 is 0 Å². The van der Waals surface area contributed by atoms with Crippen molar-refractivity contribution in [1.29, 1.82) is 5.26 Å². The van der Waals surface area contributed by atoms with E-state index in [0.717, 1.165) is 24.3 Å². The Labute approximate surface area is 219 Å². The van der Waals surface area contributed by atoms with Crippen LogP contribution in [0.5, 0.6) is 0 Å². The summed E-state index contributed by atoms with van der Waals surface area (Å²) in [6.07, 6.45) is 5.03. The average molecular weight is 512 g/mol. The standard InChI is InChI=1S/C26H29N11O/c1-14-11-37(12-15(2)32-14)19-6-5-17(7-16(19)8-27)33-26-23(24(28)38)34-22(25(29-3)35-26)18-9-30-10-20-21(18)31-13-36(20)4/h5-7,9-10,13-15,32H,11-12H2,1-4H3,(H2,28,38)(H2,29,33,35). The van der Waals surface area contributed by atoms with Crippen LogP contribution in [0.15, 0.2) is 36.9 Å². The maximum atomic E-state index is 12.5. The Balaban J connectivity index is 1.54. The number of hydrogen-bond donors (Lipinski definition) is 4. The number of primary amides is 1. The highest BCUT2D eigenvalue weighted by atomic mass is 16.1. The fourth-order valence-electron chi connectivity index (χ4n) is 4.91. The lowest BCUT2D eigenvalue weighted by molar-refractivity contribution is 0.0996. The third kappa shape index (κ3) is 4.55. The first-order valence-electron chi connectivity index (χ1n) is 12.3. The summed E-state index contributed by atoms with van der Waals surface area (Å²) in [6.45, 7) is 5.85. The summed E-state index contributed by atoms with van der Waals surface area (Å²) < 4.78 is 1.85. The molecule has 1 aliphatic rings. The van der Waals surface area contributed by atoms with Crippen molar-refractivity contribution in [3.05, 3.63) is 48.2 Å². The molecule has 4 aromatic rings. The van der Waals surface area contributed by atoms with Gasteiger partial charge in [0, 0.05) is 51.2 Å². The molecule has 0 bridgehead atoms. The molecule has 4 heterocycles. The number of amides is 1. The highest BCUT2D eigenvalue weighted by molar-refractivity contribution is 5.99. The van der Waals surface area contributed by atoms with Gasteiger partial charge in [-0.15, -0.1) is 0 Å². The molecule has 1 saturated heterocycles. The summed E-state index contributed by atoms with van der Waals surface area (Å²) >= 11 is 0. The van der Waals surface area contributed by atoms with Crippen LogP contribution in [0, 0.1) is 11.3 Å². The molecule has 1 amide bonds. The quantitative estimate of drug-likeness (QED) is 0.302. The number of rotatable bonds is 6. The van der Waals surface area contributed by atoms with Crippen molar-refractivity contribution in [3.8, 4) is 17.3 Å². The number of aryl methyl sites for hydroxylation is 1. The smallest absolute Gasteiger partial charge is 0.271 e. The zero-order valence-electron chi connectivity index (χ0n) is 21.6. The third-order valence-corrected chi connectivity index (χ3v) is 6.54. The molecule has 2 atom stereocenters. The molecule has 38 heavy (non-hydrogen) atoms. The van der Waals surface area contributed by atoms with Gasteiger partial charge in [-0.2, -0.15) is 5.26 Å².